The Morgan fingerprint density at radius 2 is 2.23 bits per heavy atom. The number of nitrogens with zero attached hydrogens (tertiary/aromatic N) is 3. The summed E-state index contributed by atoms with van der Waals surface area (Å²) < 4.78 is 10.2. The molecule has 1 aromatic rings. The quantitative estimate of drug-likeness (QED) is 0.655. The van der Waals surface area contributed by atoms with Gasteiger partial charge in [0.1, 0.15) is 12.4 Å². The summed E-state index contributed by atoms with van der Waals surface area (Å²) >= 11 is 0. The van der Waals surface area contributed by atoms with E-state index in [1.165, 1.54) is 0 Å². The highest BCUT2D eigenvalue weighted by Crippen LogP contribution is 2.34. The number of esters is 1. The maximum absolute atomic E-state index is 12.2. The van der Waals surface area contributed by atoms with Crippen molar-refractivity contribution in [1.82, 2.24) is 9.97 Å². The van der Waals surface area contributed by atoms with Crippen LogP contribution in [-0.4, -0.2) is 52.9 Å². The van der Waals surface area contributed by atoms with Gasteiger partial charge in [-0.15, -0.1) is 0 Å². The second-order valence-electron chi connectivity index (χ2n) is 4.61. The molecule has 0 radical (unpaired) electrons. The number of ether oxygens (including phenoxy) is 2. The van der Waals surface area contributed by atoms with Gasteiger partial charge in [0.05, 0.1) is 12.3 Å². The molecule has 9 nitrogen and oxygen atoms in total. The maximum atomic E-state index is 12.2. The molecule has 1 aliphatic rings. The van der Waals surface area contributed by atoms with Gasteiger partial charge in [-0.3, -0.25) is 20.2 Å². The predicted octanol–water partition coefficient (Wildman–Crippen LogP) is -1.11. The fourth-order valence-electron chi connectivity index (χ4n) is 2.11. The number of aryl methyl sites for hydroxylation is 1. The van der Waals surface area contributed by atoms with Crippen molar-refractivity contribution in [2.45, 2.75) is 26.5 Å². The molecule has 0 aromatic carbocycles. The summed E-state index contributed by atoms with van der Waals surface area (Å²) in [7, 11) is 0. The summed E-state index contributed by atoms with van der Waals surface area (Å²) in [6.07, 6.45) is -1.04. The third kappa shape index (κ3) is 3.15. The molecule has 1 aromatic heterocycles. The lowest BCUT2D eigenvalue weighted by Crippen LogP contribution is -2.53. The van der Waals surface area contributed by atoms with Gasteiger partial charge in [0, 0.05) is 13.0 Å². The Labute approximate surface area is 127 Å². The van der Waals surface area contributed by atoms with Gasteiger partial charge in [0.15, 0.2) is 11.6 Å². The number of aromatic nitrogens is 2. The van der Waals surface area contributed by atoms with E-state index >= 15 is 0 Å². The van der Waals surface area contributed by atoms with Gasteiger partial charge in [-0.1, -0.05) is 0 Å². The molecule has 2 rings (SSSR count). The van der Waals surface area contributed by atoms with Gasteiger partial charge in [-0.05, 0) is 13.8 Å². The minimum absolute atomic E-state index is 0.146. The summed E-state index contributed by atoms with van der Waals surface area (Å²) in [4.78, 5) is 33.3. The number of carbonyl (C=O) groups is 2. The second kappa shape index (κ2) is 6.67. The largest absolute Gasteiger partial charge is 0.465 e. The Bertz CT molecular complexity index is 592. The van der Waals surface area contributed by atoms with E-state index in [2.05, 4.69) is 9.97 Å². The van der Waals surface area contributed by atoms with Gasteiger partial charge in [0.25, 0.3) is 5.91 Å². The molecular formula is C13H18N4O5. The SMILES string of the molecule is CCOC(=O)CN1C(=O)C(N)Oc2c(CCO)nc(C)nc21. The average Bonchev–Trinajstić information content (AvgIpc) is 2.45. The molecule has 120 valence electrons. The Morgan fingerprint density at radius 1 is 1.50 bits per heavy atom. The predicted molar refractivity (Wildman–Crippen MR) is 75.1 cm³/mol. The zero-order valence-corrected chi connectivity index (χ0v) is 12.4. The van der Waals surface area contributed by atoms with E-state index in [1.54, 1.807) is 13.8 Å². The van der Waals surface area contributed by atoms with Gasteiger partial charge in [-0.2, -0.15) is 0 Å². The lowest BCUT2D eigenvalue weighted by atomic mass is 10.2. The maximum Gasteiger partial charge on any atom is 0.326 e. The molecule has 1 atom stereocenters. The molecule has 2 heterocycles. The highest BCUT2D eigenvalue weighted by Gasteiger charge is 2.36. The average molecular weight is 310 g/mol. The third-order valence-corrected chi connectivity index (χ3v) is 2.98. The van der Waals surface area contributed by atoms with E-state index in [9.17, 15) is 9.59 Å². The van der Waals surface area contributed by atoms with Crippen LogP contribution in [0.5, 0.6) is 5.75 Å². The standard InChI is InChI=1S/C13H18N4O5/c1-3-21-9(19)6-17-12-10(22-11(14)13(17)20)8(4-5-18)15-7(2)16-12/h11,18H,3-6,14H2,1-2H3. The molecule has 22 heavy (non-hydrogen) atoms. The fourth-order valence-corrected chi connectivity index (χ4v) is 2.11. The van der Waals surface area contributed by atoms with E-state index in [0.29, 0.717) is 11.5 Å². The molecule has 0 aliphatic carbocycles. The minimum Gasteiger partial charge on any atom is -0.465 e. The number of rotatable bonds is 5. The van der Waals surface area contributed by atoms with Crippen molar-refractivity contribution in [3.05, 3.63) is 11.5 Å². The number of anilines is 1. The van der Waals surface area contributed by atoms with Crippen LogP contribution in [0.25, 0.3) is 0 Å². The Hall–Kier alpha value is -2.26. The number of hydrogen-bond donors (Lipinski definition) is 2. The smallest absolute Gasteiger partial charge is 0.326 e. The summed E-state index contributed by atoms with van der Waals surface area (Å²) in [5, 5.41) is 9.11. The zero-order chi connectivity index (χ0) is 16.3. The molecule has 1 unspecified atom stereocenters. The highest BCUT2D eigenvalue weighted by atomic mass is 16.5. The van der Waals surface area contributed by atoms with Gasteiger partial charge in [0.2, 0.25) is 6.23 Å². The monoisotopic (exact) mass is 310 g/mol. The lowest BCUT2D eigenvalue weighted by molar-refractivity contribution is -0.143. The van der Waals surface area contributed by atoms with Crippen molar-refractivity contribution in [3.63, 3.8) is 0 Å². The summed E-state index contributed by atoms with van der Waals surface area (Å²) in [5.41, 5.74) is 6.08. The third-order valence-electron chi connectivity index (χ3n) is 2.98. The molecule has 1 amide bonds. The molecule has 0 saturated carbocycles. The van der Waals surface area contributed by atoms with Crippen molar-refractivity contribution >= 4 is 17.7 Å². The molecular weight excluding hydrogens is 292 g/mol. The summed E-state index contributed by atoms with van der Waals surface area (Å²) in [6, 6.07) is 0. The Morgan fingerprint density at radius 3 is 2.86 bits per heavy atom. The molecule has 0 saturated heterocycles. The van der Waals surface area contributed by atoms with Crippen LogP contribution in [-0.2, 0) is 20.7 Å². The number of amides is 1. The number of carbonyl (C=O) groups excluding carboxylic acids is 2. The molecule has 0 spiro atoms. The molecule has 0 fully saturated rings. The number of aliphatic hydroxyl groups is 1. The van der Waals surface area contributed by atoms with Gasteiger partial charge >= 0.3 is 5.97 Å². The lowest BCUT2D eigenvalue weighted by Gasteiger charge is -2.31. The molecule has 9 heteroatoms. The first kappa shape index (κ1) is 16.1. The Kier molecular flexibility index (Phi) is 4.88. The van der Waals surface area contributed by atoms with E-state index in [-0.39, 0.29) is 37.7 Å². The van der Waals surface area contributed by atoms with Crippen molar-refractivity contribution in [1.29, 1.82) is 0 Å². The van der Waals surface area contributed by atoms with E-state index in [0.717, 1.165) is 4.90 Å². The van der Waals surface area contributed by atoms with Crippen LogP contribution >= 0.6 is 0 Å². The zero-order valence-electron chi connectivity index (χ0n) is 12.4. The first-order valence-corrected chi connectivity index (χ1v) is 6.85. The number of nitrogens with two attached hydrogens (primary N) is 1. The van der Waals surface area contributed by atoms with Crippen LogP contribution in [0.2, 0.25) is 0 Å². The van der Waals surface area contributed by atoms with Crippen molar-refractivity contribution in [2.24, 2.45) is 5.73 Å². The Balaban J connectivity index is 2.44. The van der Waals surface area contributed by atoms with Crippen LogP contribution < -0.4 is 15.4 Å². The first-order valence-electron chi connectivity index (χ1n) is 6.85. The topological polar surface area (TPSA) is 128 Å². The van der Waals surface area contributed by atoms with E-state index in [4.69, 9.17) is 20.3 Å². The minimum atomic E-state index is -1.26. The summed E-state index contributed by atoms with van der Waals surface area (Å²) in [6.45, 7) is 3.06. The van der Waals surface area contributed by atoms with Crippen molar-refractivity contribution in [3.8, 4) is 5.75 Å². The van der Waals surface area contributed by atoms with Gasteiger partial charge < -0.3 is 14.6 Å². The fraction of sp³-hybridized carbons (Fsp3) is 0.538. The number of fused-ring (bicyclic) bond motifs is 1. The van der Waals surface area contributed by atoms with Crippen molar-refractivity contribution < 1.29 is 24.2 Å². The van der Waals surface area contributed by atoms with Crippen LogP contribution in [0.15, 0.2) is 0 Å². The van der Waals surface area contributed by atoms with Crippen LogP contribution in [0.1, 0.15) is 18.4 Å². The highest BCUT2D eigenvalue weighted by molar-refractivity contribution is 6.02. The van der Waals surface area contributed by atoms with E-state index < -0.39 is 18.1 Å². The normalized spacial score (nSPS) is 17.0. The molecule has 0 bridgehead atoms. The molecule has 1 aliphatic heterocycles. The van der Waals surface area contributed by atoms with Crippen LogP contribution in [0.3, 0.4) is 0 Å². The first-order chi connectivity index (χ1) is 10.5. The second-order valence-corrected chi connectivity index (χ2v) is 4.61. The molecule has 3 N–H and O–H groups in total. The van der Waals surface area contributed by atoms with E-state index in [1.807, 2.05) is 0 Å². The van der Waals surface area contributed by atoms with Crippen LogP contribution in [0.4, 0.5) is 5.82 Å². The van der Waals surface area contributed by atoms with Gasteiger partial charge in [-0.25, -0.2) is 9.97 Å². The summed E-state index contributed by atoms with van der Waals surface area (Å²) in [5.74, 6) is -0.404. The number of hydrogen-bond acceptors (Lipinski definition) is 8. The number of aliphatic hydroxyl groups excluding tert-OH is 1. The van der Waals surface area contributed by atoms with Crippen molar-refractivity contribution in [2.75, 3.05) is 24.7 Å². The van der Waals surface area contributed by atoms with Crippen LogP contribution in [0, 0.1) is 6.92 Å².